The molecule has 0 radical (unpaired) electrons. The molecule has 1 atom stereocenters. The summed E-state index contributed by atoms with van der Waals surface area (Å²) in [4.78, 5) is 32.9. The third kappa shape index (κ3) is 6.35. The fourth-order valence-corrected chi connectivity index (χ4v) is 7.31. The molecular weight excluding hydrogens is 657 g/mol. The molecule has 0 aliphatic carbocycles. The third-order valence-electron chi connectivity index (χ3n) is 7.84. The smallest absolute Gasteiger partial charge is 0.338 e. The molecule has 8 nitrogen and oxygen atoms in total. The van der Waals surface area contributed by atoms with Crippen LogP contribution in [0.3, 0.4) is 0 Å². The first kappa shape index (κ1) is 32.6. The van der Waals surface area contributed by atoms with Gasteiger partial charge >= 0.3 is 5.97 Å². The van der Waals surface area contributed by atoms with Crippen LogP contribution >= 0.6 is 34.5 Å². The van der Waals surface area contributed by atoms with Crippen LogP contribution in [-0.4, -0.2) is 34.9 Å². The van der Waals surface area contributed by atoms with E-state index in [1.54, 1.807) is 43.7 Å². The summed E-state index contributed by atoms with van der Waals surface area (Å²) in [6, 6.07) is 18.1. The molecule has 0 N–H and O–H groups in total. The monoisotopic (exact) mass is 689 g/mol. The number of esters is 1. The minimum Gasteiger partial charge on any atom is -0.493 e. The molecule has 0 spiro atoms. The van der Waals surface area contributed by atoms with Crippen LogP contribution in [0.5, 0.6) is 11.5 Å². The number of allylic oxidation sites excluding steroid dienone is 1. The Morgan fingerprint density at radius 1 is 1.09 bits per heavy atom. The quantitative estimate of drug-likeness (QED) is 0.157. The molecule has 0 saturated carbocycles. The standard InChI is InChI=1S/C36H33Cl2N3O5S/c1-6-45-35(43)32-21(4)39-36-41(33(32)22-12-14-29(46-20(2)3)30(15-22)44-5)34(42)31(47-36)16-24-19-40(28-10-8-7-9-26(24)28)18-23-11-13-25(37)17-27(23)38/h7-17,19-20,33H,6,18H2,1-5H3/b31-16+/t33-/m0/s1. The van der Waals surface area contributed by atoms with E-state index in [9.17, 15) is 9.59 Å². The van der Waals surface area contributed by atoms with Gasteiger partial charge in [-0.1, -0.05) is 64.9 Å². The highest BCUT2D eigenvalue weighted by Gasteiger charge is 2.34. The molecule has 0 fully saturated rings. The number of methoxy groups -OCH3 is 1. The van der Waals surface area contributed by atoms with E-state index in [4.69, 9.17) is 42.4 Å². The number of hydrogen-bond acceptors (Lipinski definition) is 7. The number of ether oxygens (including phenoxy) is 3. The molecule has 5 aromatic rings. The third-order valence-corrected chi connectivity index (χ3v) is 9.41. The van der Waals surface area contributed by atoms with Gasteiger partial charge in [-0.2, -0.15) is 0 Å². The van der Waals surface area contributed by atoms with Crippen molar-refractivity contribution in [2.45, 2.75) is 46.4 Å². The predicted molar refractivity (Wildman–Crippen MR) is 187 cm³/mol. The van der Waals surface area contributed by atoms with Gasteiger partial charge in [-0.15, -0.1) is 0 Å². The molecule has 47 heavy (non-hydrogen) atoms. The van der Waals surface area contributed by atoms with Crippen molar-refractivity contribution < 1.29 is 19.0 Å². The summed E-state index contributed by atoms with van der Waals surface area (Å²) in [6.45, 7) is 8.07. The van der Waals surface area contributed by atoms with Crippen molar-refractivity contribution in [1.29, 1.82) is 0 Å². The fourth-order valence-electron chi connectivity index (χ4n) is 5.81. The molecular formula is C36H33Cl2N3O5S. The van der Waals surface area contributed by atoms with Gasteiger partial charge in [0.1, 0.15) is 0 Å². The summed E-state index contributed by atoms with van der Waals surface area (Å²) >= 11 is 13.9. The SMILES string of the molecule is CCOC(=O)C1=C(C)N=c2s/c(=C/c3cn(Cc4ccc(Cl)cc4Cl)c4ccccc34)c(=O)n2[C@H]1c1ccc(OC(C)C)c(OC)c1. The summed E-state index contributed by atoms with van der Waals surface area (Å²) in [6.07, 6.45) is 3.82. The van der Waals surface area contributed by atoms with Crippen LogP contribution < -0.4 is 24.4 Å². The predicted octanol–water partition coefficient (Wildman–Crippen LogP) is 6.90. The number of para-hydroxylation sites is 1. The van der Waals surface area contributed by atoms with E-state index >= 15 is 0 Å². The lowest BCUT2D eigenvalue weighted by molar-refractivity contribution is -0.139. The fraction of sp³-hybridized carbons (Fsp3) is 0.250. The van der Waals surface area contributed by atoms with Crippen LogP contribution in [0.15, 0.2) is 87.9 Å². The Morgan fingerprint density at radius 2 is 1.87 bits per heavy atom. The number of thiazole rings is 1. The van der Waals surface area contributed by atoms with E-state index in [-0.39, 0.29) is 18.3 Å². The second-order valence-corrected chi connectivity index (χ2v) is 13.2. The van der Waals surface area contributed by atoms with Crippen LogP contribution in [0.1, 0.15) is 50.4 Å². The number of rotatable bonds is 9. The Labute approximate surface area is 285 Å². The topological polar surface area (TPSA) is 84.1 Å². The molecule has 6 rings (SSSR count). The zero-order valence-electron chi connectivity index (χ0n) is 26.5. The molecule has 0 amide bonds. The first-order valence-corrected chi connectivity index (χ1v) is 16.7. The Morgan fingerprint density at radius 3 is 2.60 bits per heavy atom. The average Bonchev–Trinajstić information content (AvgIpc) is 3.54. The van der Waals surface area contributed by atoms with Gasteiger partial charge in [0.25, 0.3) is 5.56 Å². The second kappa shape index (κ2) is 13.4. The number of nitrogens with zero attached hydrogens (tertiary/aromatic N) is 3. The van der Waals surface area contributed by atoms with Crippen LogP contribution in [0.2, 0.25) is 10.0 Å². The van der Waals surface area contributed by atoms with Gasteiger partial charge in [0.05, 0.1) is 41.7 Å². The summed E-state index contributed by atoms with van der Waals surface area (Å²) in [7, 11) is 1.56. The van der Waals surface area contributed by atoms with E-state index in [1.165, 1.54) is 11.3 Å². The Bertz CT molecular complexity index is 2230. The first-order chi connectivity index (χ1) is 22.6. The zero-order valence-corrected chi connectivity index (χ0v) is 28.9. The van der Waals surface area contributed by atoms with Crippen LogP contribution in [0.25, 0.3) is 17.0 Å². The number of hydrogen-bond donors (Lipinski definition) is 0. The first-order valence-electron chi connectivity index (χ1n) is 15.2. The molecule has 2 aromatic heterocycles. The number of carbonyl (C=O) groups excluding carboxylic acids is 1. The average molecular weight is 691 g/mol. The Balaban J connectivity index is 1.51. The number of carbonyl (C=O) groups is 1. The van der Waals surface area contributed by atoms with Crippen molar-refractivity contribution in [2.24, 2.45) is 4.99 Å². The number of halogens is 2. The van der Waals surface area contributed by atoms with Crippen molar-refractivity contribution in [3.05, 3.63) is 125 Å². The lowest BCUT2D eigenvalue weighted by Gasteiger charge is -2.25. The lowest BCUT2D eigenvalue weighted by Crippen LogP contribution is -2.40. The normalized spacial score (nSPS) is 14.8. The second-order valence-electron chi connectivity index (χ2n) is 11.3. The van der Waals surface area contributed by atoms with Crippen molar-refractivity contribution >= 4 is 57.5 Å². The van der Waals surface area contributed by atoms with Crippen molar-refractivity contribution in [1.82, 2.24) is 9.13 Å². The van der Waals surface area contributed by atoms with Gasteiger partial charge in [-0.3, -0.25) is 9.36 Å². The van der Waals surface area contributed by atoms with Crippen LogP contribution in [-0.2, 0) is 16.1 Å². The van der Waals surface area contributed by atoms with Gasteiger partial charge in [-0.05, 0) is 75.2 Å². The van der Waals surface area contributed by atoms with Gasteiger partial charge in [-0.25, -0.2) is 9.79 Å². The molecule has 1 aliphatic heterocycles. The highest BCUT2D eigenvalue weighted by Crippen LogP contribution is 2.36. The van der Waals surface area contributed by atoms with Gasteiger partial charge in [0, 0.05) is 39.3 Å². The summed E-state index contributed by atoms with van der Waals surface area (Å²) in [5.74, 6) is 0.525. The van der Waals surface area contributed by atoms with Gasteiger partial charge < -0.3 is 18.8 Å². The van der Waals surface area contributed by atoms with E-state index < -0.39 is 12.0 Å². The highest BCUT2D eigenvalue weighted by molar-refractivity contribution is 7.07. The van der Waals surface area contributed by atoms with E-state index in [1.807, 2.05) is 68.6 Å². The Kier molecular flexibility index (Phi) is 9.32. The molecule has 242 valence electrons. The zero-order chi connectivity index (χ0) is 33.4. The van der Waals surface area contributed by atoms with Gasteiger partial charge in [0.15, 0.2) is 16.3 Å². The van der Waals surface area contributed by atoms with E-state index in [0.717, 1.165) is 22.0 Å². The van der Waals surface area contributed by atoms with Crippen LogP contribution in [0.4, 0.5) is 0 Å². The minimum atomic E-state index is -0.789. The number of aromatic nitrogens is 2. The maximum Gasteiger partial charge on any atom is 0.338 e. The molecule has 0 bridgehead atoms. The van der Waals surface area contributed by atoms with E-state index in [0.29, 0.717) is 54.3 Å². The summed E-state index contributed by atoms with van der Waals surface area (Å²) in [5.41, 5.74) is 3.95. The molecule has 3 aromatic carbocycles. The Hall–Kier alpha value is -4.31. The lowest BCUT2D eigenvalue weighted by atomic mass is 9.95. The number of fused-ring (bicyclic) bond motifs is 2. The largest absolute Gasteiger partial charge is 0.493 e. The summed E-state index contributed by atoms with van der Waals surface area (Å²) in [5, 5.41) is 2.14. The maximum absolute atomic E-state index is 14.3. The maximum atomic E-state index is 14.3. The molecule has 3 heterocycles. The van der Waals surface area contributed by atoms with Crippen molar-refractivity contribution in [3.63, 3.8) is 0 Å². The molecule has 1 aliphatic rings. The molecule has 11 heteroatoms. The number of benzene rings is 3. The molecule has 0 saturated heterocycles. The summed E-state index contributed by atoms with van der Waals surface area (Å²) < 4.78 is 21.2. The van der Waals surface area contributed by atoms with Gasteiger partial charge in [0.2, 0.25) is 0 Å². The van der Waals surface area contributed by atoms with Crippen molar-refractivity contribution in [3.8, 4) is 11.5 Å². The molecule has 0 unspecified atom stereocenters. The van der Waals surface area contributed by atoms with Crippen LogP contribution in [0, 0.1) is 0 Å². The minimum absolute atomic E-state index is 0.0706. The highest BCUT2D eigenvalue weighted by atomic mass is 35.5. The van der Waals surface area contributed by atoms with E-state index in [2.05, 4.69) is 4.57 Å². The van der Waals surface area contributed by atoms with Crippen molar-refractivity contribution in [2.75, 3.05) is 13.7 Å².